The zero-order valence-corrected chi connectivity index (χ0v) is 17.0. The maximum atomic E-state index is 13.1. The van der Waals surface area contributed by atoms with Gasteiger partial charge in [0.15, 0.2) is 5.82 Å². The Morgan fingerprint density at radius 3 is 2.60 bits per heavy atom. The molecule has 2 heterocycles. The van der Waals surface area contributed by atoms with Crippen LogP contribution in [0, 0.1) is 0 Å². The maximum absolute atomic E-state index is 13.1. The van der Waals surface area contributed by atoms with Crippen molar-refractivity contribution < 1.29 is 9.53 Å². The number of carbonyl (C=O) groups is 1. The lowest BCUT2D eigenvalue weighted by Gasteiger charge is -2.11. The Balaban J connectivity index is 1.63. The molecule has 4 rings (SSSR count). The van der Waals surface area contributed by atoms with E-state index in [1.54, 1.807) is 13.2 Å². The number of carbonyl (C=O) groups excluding carboxylic acids is 1. The molecule has 0 aliphatic carbocycles. The quantitative estimate of drug-likeness (QED) is 0.464. The summed E-state index contributed by atoms with van der Waals surface area (Å²) in [5, 5.41) is 16.9. The molecule has 2 aromatic carbocycles. The van der Waals surface area contributed by atoms with E-state index in [-0.39, 0.29) is 5.91 Å². The molecule has 1 amide bonds. The van der Waals surface area contributed by atoms with E-state index in [0.717, 1.165) is 21.8 Å². The van der Waals surface area contributed by atoms with Crippen LogP contribution in [0.5, 0.6) is 5.75 Å². The lowest BCUT2D eigenvalue weighted by Crippen LogP contribution is -2.27. The molecule has 1 N–H and O–H groups in total. The van der Waals surface area contributed by atoms with Crippen LogP contribution in [0.1, 0.15) is 10.4 Å². The van der Waals surface area contributed by atoms with Crippen LogP contribution in [0.4, 0.5) is 0 Å². The van der Waals surface area contributed by atoms with E-state index < -0.39 is 0 Å². The minimum absolute atomic E-state index is 0.274. The number of amides is 1. The molecule has 0 aliphatic rings. The summed E-state index contributed by atoms with van der Waals surface area (Å²) in [6.07, 6.45) is 1.79. The van der Waals surface area contributed by atoms with E-state index in [2.05, 4.69) is 20.8 Å². The van der Waals surface area contributed by atoms with E-state index in [9.17, 15) is 4.79 Å². The highest BCUT2D eigenvalue weighted by Crippen LogP contribution is 2.22. The van der Waals surface area contributed by atoms with Crippen LogP contribution in [0.15, 0.2) is 72.1 Å². The third-order valence-electron chi connectivity index (χ3n) is 4.40. The van der Waals surface area contributed by atoms with Gasteiger partial charge in [0.25, 0.3) is 5.91 Å². The molecule has 150 valence electrons. The number of benzene rings is 2. The first-order valence-corrected chi connectivity index (χ1v) is 10.1. The Kier molecular flexibility index (Phi) is 5.95. The predicted octanol–water partition coefficient (Wildman–Crippen LogP) is 3.72. The van der Waals surface area contributed by atoms with E-state index in [1.807, 2.05) is 72.1 Å². The number of nitrogens with one attached hydrogen (secondary N) is 1. The third-order valence-corrected chi connectivity index (χ3v) is 5.22. The van der Waals surface area contributed by atoms with Gasteiger partial charge in [-0.2, -0.15) is 4.68 Å². The highest BCUT2D eigenvalue weighted by molar-refractivity contribution is 7.10. The van der Waals surface area contributed by atoms with Gasteiger partial charge in [-0.3, -0.25) is 4.79 Å². The van der Waals surface area contributed by atoms with Crippen LogP contribution >= 0.6 is 11.3 Å². The number of aromatic nitrogens is 4. The van der Waals surface area contributed by atoms with Crippen molar-refractivity contribution in [2.24, 2.45) is 0 Å². The Bertz CT molecular complexity index is 1140. The number of rotatable bonds is 7. The lowest BCUT2D eigenvalue weighted by molar-refractivity contribution is -0.116. The first kappa shape index (κ1) is 19.5. The van der Waals surface area contributed by atoms with Crippen LogP contribution in [0.2, 0.25) is 0 Å². The molecule has 7 nitrogen and oxygen atoms in total. The van der Waals surface area contributed by atoms with E-state index >= 15 is 0 Å². The molecule has 0 bridgehead atoms. The summed E-state index contributed by atoms with van der Waals surface area (Å²) in [6.45, 7) is 0.368. The van der Waals surface area contributed by atoms with Gasteiger partial charge in [-0.1, -0.05) is 48.5 Å². The molecule has 0 unspecified atom stereocenters. The molecule has 30 heavy (non-hydrogen) atoms. The minimum Gasteiger partial charge on any atom is -0.497 e. The maximum Gasteiger partial charge on any atom is 0.270 e. The highest BCUT2D eigenvalue weighted by Gasteiger charge is 2.19. The fourth-order valence-electron chi connectivity index (χ4n) is 2.86. The van der Waals surface area contributed by atoms with Crippen molar-refractivity contribution in [3.8, 4) is 17.1 Å². The van der Waals surface area contributed by atoms with E-state index in [0.29, 0.717) is 18.1 Å². The summed E-state index contributed by atoms with van der Waals surface area (Å²) >= 11 is 1.53. The van der Waals surface area contributed by atoms with Crippen molar-refractivity contribution in [3.63, 3.8) is 0 Å². The van der Waals surface area contributed by atoms with Gasteiger partial charge in [-0.05, 0) is 45.6 Å². The summed E-state index contributed by atoms with van der Waals surface area (Å²) in [5.41, 5.74) is 2.12. The van der Waals surface area contributed by atoms with Gasteiger partial charge in [0.05, 0.1) is 7.11 Å². The zero-order valence-electron chi connectivity index (χ0n) is 16.2. The predicted molar refractivity (Wildman–Crippen MR) is 117 cm³/mol. The first-order chi connectivity index (χ1) is 14.7. The smallest absolute Gasteiger partial charge is 0.270 e. The fourth-order valence-corrected chi connectivity index (χ4v) is 3.51. The van der Waals surface area contributed by atoms with Gasteiger partial charge < -0.3 is 10.1 Å². The number of hydrogen-bond acceptors (Lipinski definition) is 6. The van der Waals surface area contributed by atoms with Crippen LogP contribution in [-0.4, -0.2) is 33.2 Å². The average Bonchev–Trinajstić information content (AvgIpc) is 3.49. The first-order valence-electron chi connectivity index (χ1n) is 9.25. The Morgan fingerprint density at radius 2 is 1.90 bits per heavy atom. The van der Waals surface area contributed by atoms with Crippen molar-refractivity contribution in [2.45, 2.75) is 6.54 Å². The molecule has 8 heteroatoms. The Labute approximate surface area is 177 Å². The zero-order chi connectivity index (χ0) is 20.8. The topological polar surface area (TPSA) is 81.9 Å². The van der Waals surface area contributed by atoms with Gasteiger partial charge in [0, 0.05) is 17.0 Å². The van der Waals surface area contributed by atoms with Crippen molar-refractivity contribution in [1.29, 1.82) is 0 Å². The second kappa shape index (κ2) is 9.15. The van der Waals surface area contributed by atoms with Crippen LogP contribution in [0.25, 0.3) is 23.2 Å². The molecule has 0 spiro atoms. The van der Waals surface area contributed by atoms with Crippen LogP contribution < -0.4 is 10.1 Å². The number of ether oxygens (including phenoxy) is 1. The van der Waals surface area contributed by atoms with Crippen molar-refractivity contribution in [2.75, 3.05) is 7.11 Å². The summed E-state index contributed by atoms with van der Waals surface area (Å²) < 4.78 is 6.65. The fraction of sp³-hybridized carbons (Fsp3) is 0.0909. The number of hydrogen-bond donors (Lipinski definition) is 1. The highest BCUT2D eigenvalue weighted by atomic mass is 32.1. The van der Waals surface area contributed by atoms with Crippen LogP contribution in [-0.2, 0) is 11.3 Å². The molecule has 2 aromatic heterocycles. The molecule has 0 radical (unpaired) electrons. The molecule has 0 saturated heterocycles. The second-order valence-corrected chi connectivity index (χ2v) is 7.34. The molecule has 0 atom stereocenters. The van der Waals surface area contributed by atoms with Crippen molar-refractivity contribution >= 4 is 29.0 Å². The molecule has 0 aliphatic heterocycles. The third kappa shape index (κ3) is 4.44. The van der Waals surface area contributed by atoms with Crippen molar-refractivity contribution in [3.05, 3.63) is 82.6 Å². The lowest BCUT2D eigenvalue weighted by atomic mass is 10.2. The van der Waals surface area contributed by atoms with Gasteiger partial charge >= 0.3 is 0 Å². The minimum atomic E-state index is -0.274. The number of methoxy groups -OCH3 is 1. The SMILES string of the molecule is COc1ccc(CNC(=O)/C(=C/c2cccs2)n2nnnc2-c2ccccc2)cc1. The van der Waals surface area contributed by atoms with Crippen LogP contribution in [0.3, 0.4) is 0 Å². The van der Waals surface area contributed by atoms with Gasteiger partial charge in [0.1, 0.15) is 11.4 Å². The number of thiophene rings is 1. The van der Waals surface area contributed by atoms with Gasteiger partial charge in [-0.15, -0.1) is 16.4 Å². The van der Waals surface area contributed by atoms with Gasteiger partial charge in [-0.25, -0.2) is 0 Å². The normalized spacial score (nSPS) is 11.3. The molecular formula is C22H19N5O2S. The standard InChI is InChI=1S/C22H19N5O2S/c1-29-18-11-9-16(10-12-18)15-23-22(28)20(14-19-8-5-13-30-19)27-21(24-25-26-27)17-6-3-2-4-7-17/h2-14H,15H2,1H3,(H,23,28)/b20-14-. The monoisotopic (exact) mass is 417 g/mol. The summed E-state index contributed by atoms with van der Waals surface area (Å²) in [6, 6.07) is 20.9. The Hall–Kier alpha value is -3.78. The number of nitrogens with zero attached hydrogens (tertiary/aromatic N) is 4. The molecule has 4 aromatic rings. The summed E-state index contributed by atoms with van der Waals surface area (Å²) in [4.78, 5) is 14.1. The summed E-state index contributed by atoms with van der Waals surface area (Å²) in [5.74, 6) is 0.992. The van der Waals surface area contributed by atoms with E-state index in [1.165, 1.54) is 16.0 Å². The molecular weight excluding hydrogens is 398 g/mol. The average molecular weight is 417 g/mol. The van der Waals surface area contributed by atoms with Crippen molar-refractivity contribution in [1.82, 2.24) is 25.5 Å². The molecule has 0 fully saturated rings. The van der Waals surface area contributed by atoms with Gasteiger partial charge in [0.2, 0.25) is 0 Å². The Morgan fingerprint density at radius 1 is 1.10 bits per heavy atom. The van der Waals surface area contributed by atoms with E-state index in [4.69, 9.17) is 4.74 Å². The molecule has 0 saturated carbocycles. The summed E-state index contributed by atoms with van der Waals surface area (Å²) in [7, 11) is 1.62. The second-order valence-electron chi connectivity index (χ2n) is 6.36. The number of tetrazole rings is 1. The largest absolute Gasteiger partial charge is 0.497 e.